The first-order chi connectivity index (χ1) is 10.9. The highest BCUT2D eigenvalue weighted by molar-refractivity contribution is 6.15. The molecule has 0 bridgehead atoms. The van der Waals surface area contributed by atoms with Gasteiger partial charge in [-0.25, -0.2) is 0 Å². The molecule has 116 valence electrons. The van der Waals surface area contributed by atoms with E-state index in [4.69, 9.17) is 10.2 Å². The van der Waals surface area contributed by atoms with Crippen LogP contribution in [0.15, 0.2) is 40.0 Å². The fourth-order valence-corrected chi connectivity index (χ4v) is 3.85. The van der Waals surface area contributed by atoms with Crippen molar-refractivity contribution in [3.8, 4) is 11.3 Å². The quantitative estimate of drug-likeness (QED) is 0.868. The van der Waals surface area contributed by atoms with Crippen LogP contribution in [0.3, 0.4) is 0 Å². The first-order valence-corrected chi connectivity index (χ1v) is 7.27. The van der Waals surface area contributed by atoms with Crippen LogP contribution in [0.5, 0.6) is 0 Å². The third kappa shape index (κ3) is 1.36. The van der Waals surface area contributed by atoms with Crippen LogP contribution >= 0.6 is 0 Å². The molecule has 23 heavy (non-hydrogen) atoms. The Balaban J connectivity index is 2.19. The van der Waals surface area contributed by atoms with Crippen molar-refractivity contribution in [1.29, 1.82) is 0 Å². The Labute approximate surface area is 132 Å². The van der Waals surface area contributed by atoms with Crippen molar-refractivity contribution in [2.75, 3.05) is 12.8 Å². The number of carbonyl (C=O) groups excluding carboxylic acids is 2. The molecule has 0 fully saturated rings. The van der Waals surface area contributed by atoms with Gasteiger partial charge in [0.15, 0.2) is 17.0 Å². The number of aromatic nitrogens is 1. The number of hydrogen-bond acceptors (Lipinski definition) is 5. The van der Waals surface area contributed by atoms with E-state index >= 15 is 0 Å². The number of fused-ring (bicyclic) bond motifs is 5. The Morgan fingerprint density at radius 1 is 1.35 bits per heavy atom. The Morgan fingerprint density at radius 3 is 2.74 bits per heavy atom. The Kier molecular flexibility index (Phi) is 2.45. The summed E-state index contributed by atoms with van der Waals surface area (Å²) in [6.45, 7) is 3.24. The van der Waals surface area contributed by atoms with Crippen LogP contribution in [-0.4, -0.2) is 28.6 Å². The van der Waals surface area contributed by atoms with Gasteiger partial charge in [-0.3, -0.25) is 9.59 Å². The van der Waals surface area contributed by atoms with Crippen molar-refractivity contribution < 1.29 is 14.0 Å². The number of nitrogens with zero attached hydrogens (tertiary/aromatic N) is 2. The molecule has 1 spiro atoms. The molecule has 0 unspecified atom stereocenters. The highest BCUT2D eigenvalue weighted by atomic mass is 16.4. The molecule has 0 saturated carbocycles. The maximum atomic E-state index is 13.2. The molecule has 0 saturated heterocycles. The van der Waals surface area contributed by atoms with Gasteiger partial charge in [0, 0.05) is 23.9 Å². The minimum Gasteiger partial charge on any atom is -0.423 e. The maximum Gasteiger partial charge on any atom is 0.292 e. The fraction of sp³-hybridized carbons (Fsp3) is 0.235. The lowest BCUT2D eigenvalue weighted by Crippen LogP contribution is -2.40. The van der Waals surface area contributed by atoms with E-state index in [2.05, 4.69) is 4.98 Å². The predicted molar refractivity (Wildman–Crippen MR) is 83.3 cm³/mol. The summed E-state index contributed by atoms with van der Waals surface area (Å²) >= 11 is 0. The van der Waals surface area contributed by atoms with E-state index in [1.165, 1.54) is 11.8 Å². The summed E-state index contributed by atoms with van der Waals surface area (Å²) in [4.78, 5) is 31.4. The van der Waals surface area contributed by atoms with Gasteiger partial charge in [0.25, 0.3) is 6.01 Å². The van der Waals surface area contributed by atoms with Gasteiger partial charge in [-0.05, 0) is 19.4 Å². The summed E-state index contributed by atoms with van der Waals surface area (Å²) in [5.74, 6) is 0.0948. The molecule has 6 nitrogen and oxygen atoms in total. The Hall–Kier alpha value is -2.89. The molecule has 2 N–H and O–H groups in total. The van der Waals surface area contributed by atoms with E-state index in [9.17, 15) is 9.59 Å². The van der Waals surface area contributed by atoms with Crippen molar-refractivity contribution in [3.63, 3.8) is 0 Å². The third-order valence-electron chi connectivity index (χ3n) is 4.79. The molecule has 2 heterocycles. The van der Waals surface area contributed by atoms with E-state index in [1.54, 1.807) is 14.0 Å². The monoisotopic (exact) mass is 309 g/mol. The number of carbonyl (C=O) groups is 2. The lowest BCUT2D eigenvalue weighted by Gasteiger charge is -2.25. The van der Waals surface area contributed by atoms with E-state index in [1.807, 2.05) is 24.3 Å². The molecule has 0 radical (unpaired) electrons. The second-order valence-corrected chi connectivity index (χ2v) is 5.91. The number of ketones is 1. The van der Waals surface area contributed by atoms with Crippen LogP contribution in [0, 0.1) is 0 Å². The lowest BCUT2D eigenvalue weighted by molar-refractivity contribution is -0.130. The molecule has 1 atom stereocenters. The predicted octanol–water partition coefficient (Wildman–Crippen LogP) is 1.86. The highest BCUT2D eigenvalue weighted by Crippen LogP contribution is 2.57. The first-order valence-electron chi connectivity index (χ1n) is 7.27. The van der Waals surface area contributed by atoms with E-state index < -0.39 is 5.41 Å². The number of oxazole rings is 1. The molecular formula is C17H15N3O3. The van der Waals surface area contributed by atoms with Crippen molar-refractivity contribution in [3.05, 3.63) is 46.8 Å². The van der Waals surface area contributed by atoms with Gasteiger partial charge < -0.3 is 15.1 Å². The van der Waals surface area contributed by atoms with Gasteiger partial charge in [-0.15, -0.1) is 0 Å². The summed E-state index contributed by atoms with van der Waals surface area (Å²) in [6.07, 6.45) is 0. The van der Waals surface area contributed by atoms with Gasteiger partial charge >= 0.3 is 0 Å². The Morgan fingerprint density at radius 2 is 2.04 bits per heavy atom. The molecule has 2 aliphatic rings. The third-order valence-corrected chi connectivity index (χ3v) is 4.79. The normalized spacial score (nSPS) is 22.0. The lowest BCUT2D eigenvalue weighted by atomic mass is 9.73. The standard InChI is InChI=1S/C17H15N3O3/c1-8-12(9(2)21)17(15(22)20(8)3)11-7-5-4-6-10(11)13-14(17)19-16(18)23-13/h4-7H,1-3H3,(H2,18,19)/t17-/m1/s1. The summed E-state index contributed by atoms with van der Waals surface area (Å²) in [5.41, 5.74) is 7.43. The number of likely N-dealkylation sites (N-methyl/N-ethyl adjacent to an activating group) is 1. The zero-order valence-corrected chi connectivity index (χ0v) is 13.0. The summed E-state index contributed by atoms with van der Waals surface area (Å²) < 4.78 is 5.55. The van der Waals surface area contributed by atoms with Crippen molar-refractivity contribution >= 4 is 17.7 Å². The minimum atomic E-state index is -1.25. The Bertz CT molecular complexity index is 925. The van der Waals surface area contributed by atoms with Crippen molar-refractivity contribution in [2.24, 2.45) is 0 Å². The zero-order chi connectivity index (χ0) is 16.5. The van der Waals surface area contributed by atoms with Gasteiger partial charge in [0.2, 0.25) is 5.91 Å². The molecule has 1 aliphatic heterocycles. The molecule has 1 aromatic carbocycles. The number of hydrogen-bond donors (Lipinski definition) is 1. The van der Waals surface area contributed by atoms with E-state index in [0.29, 0.717) is 22.7 Å². The molecule has 1 aromatic heterocycles. The maximum absolute atomic E-state index is 13.2. The van der Waals surface area contributed by atoms with Gasteiger partial charge in [0.1, 0.15) is 5.69 Å². The number of rotatable bonds is 1. The number of nitrogen functional groups attached to an aromatic ring is 1. The van der Waals surface area contributed by atoms with Crippen LogP contribution in [0.4, 0.5) is 6.01 Å². The summed E-state index contributed by atoms with van der Waals surface area (Å²) in [7, 11) is 1.67. The molecule has 2 aromatic rings. The van der Waals surface area contributed by atoms with Crippen molar-refractivity contribution in [2.45, 2.75) is 19.3 Å². The largest absolute Gasteiger partial charge is 0.423 e. The minimum absolute atomic E-state index is 0.00761. The van der Waals surface area contributed by atoms with E-state index in [-0.39, 0.29) is 17.7 Å². The molecule has 4 rings (SSSR count). The second-order valence-electron chi connectivity index (χ2n) is 5.91. The summed E-state index contributed by atoms with van der Waals surface area (Å²) in [5, 5.41) is 0. The molecular weight excluding hydrogens is 294 g/mol. The van der Waals surface area contributed by atoms with Crippen LogP contribution in [0.2, 0.25) is 0 Å². The molecule has 1 amide bonds. The van der Waals surface area contributed by atoms with Gasteiger partial charge in [-0.2, -0.15) is 4.98 Å². The highest BCUT2D eigenvalue weighted by Gasteiger charge is 2.61. The number of nitrogens with two attached hydrogens (primary N) is 1. The smallest absolute Gasteiger partial charge is 0.292 e. The second kappa shape index (κ2) is 4.10. The van der Waals surface area contributed by atoms with Gasteiger partial charge in [0.05, 0.1) is 0 Å². The number of amides is 1. The number of benzene rings is 1. The van der Waals surface area contributed by atoms with Gasteiger partial charge in [-0.1, -0.05) is 24.3 Å². The average Bonchev–Trinajstić information content (AvgIpc) is 3.07. The topological polar surface area (TPSA) is 89.4 Å². The van der Waals surface area contributed by atoms with E-state index in [0.717, 1.165) is 11.1 Å². The number of Topliss-reactive ketones (excluding diaryl/α,β-unsaturated/α-hetero) is 1. The number of anilines is 1. The van der Waals surface area contributed by atoms with Crippen LogP contribution in [0.25, 0.3) is 11.3 Å². The molecule has 1 aliphatic carbocycles. The van der Waals surface area contributed by atoms with Crippen molar-refractivity contribution in [1.82, 2.24) is 9.88 Å². The zero-order valence-electron chi connectivity index (χ0n) is 13.0. The van der Waals surface area contributed by atoms with Crippen LogP contribution in [-0.2, 0) is 15.0 Å². The summed E-state index contributed by atoms with van der Waals surface area (Å²) in [6, 6.07) is 7.39. The number of allylic oxidation sites excluding steroid dienone is 1. The SMILES string of the molecule is CC(=O)C1=C(C)N(C)C(=O)[C@]12c1ccccc1-c1oc(N)nc12. The molecule has 6 heteroatoms. The average molecular weight is 309 g/mol. The fourth-order valence-electron chi connectivity index (χ4n) is 3.85. The van der Waals surface area contributed by atoms with Crippen LogP contribution in [0.1, 0.15) is 25.1 Å². The first kappa shape index (κ1) is 13.8. The van der Waals surface area contributed by atoms with Crippen LogP contribution < -0.4 is 5.73 Å².